The number of ether oxygens (including phenoxy) is 2. The fourth-order valence-electron chi connectivity index (χ4n) is 3.45. The largest absolute Gasteiger partial charge is 0.573 e. The maximum atomic E-state index is 12.7. The molecule has 0 amide bonds. The van der Waals surface area contributed by atoms with Crippen molar-refractivity contribution in [1.82, 2.24) is 0 Å². The van der Waals surface area contributed by atoms with Gasteiger partial charge in [-0.2, -0.15) is 0 Å². The zero-order valence-electron chi connectivity index (χ0n) is 16.3. The van der Waals surface area contributed by atoms with Crippen LogP contribution in [0, 0.1) is 0 Å². The van der Waals surface area contributed by atoms with Crippen molar-refractivity contribution in [2.45, 2.75) is 31.5 Å². The van der Waals surface area contributed by atoms with E-state index in [9.17, 15) is 26.3 Å². The summed E-state index contributed by atoms with van der Waals surface area (Å²) < 4.78 is 84.3. The maximum Gasteiger partial charge on any atom is 0.573 e. The average Bonchev–Trinajstić information content (AvgIpc) is 2.66. The standard InChI is InChI=1S/C23H18F6O2/c1-21(15-16-7-3-2-4-8-16,17-9-5-11-19(13-17)30-22(24,25)26)18-10-6-12-20(14-18)31-23(27,28)29/h2-14H,15H2,1H3. The molecule has 0 aliphatic rings. The van der Waals surface area contributed by atoms with E-state index in [1.54, 1.807) is 19.1 Å². The monoisotopic (exact) mass is 440 g/mol. The second-order valence-corrected chi connectivity index (χ2v) is 7.15. The van der Waals surface area contributed by atoms with E-state index >= 15 is 0 Å². The fourth-order valence-corrected chi connectivity index (χ4v) is 3.45. The molecule has 0 unspecified atom stereocenters. The van der Waals surface area contributed by atoms with Crippen LogP contribution >= 0.6 is 0 Å². The molecule has 0 spiro atoms. The van der Waals surface area contributed by atoms with Crippen molar-refractivity contribution in [1.29, 1.82) is 0 Å². The van der Waals surface area contributed by atoms with E-state index in [1.165, 1.54) is 36.4 Å². The van der Waals surface area contributed by atoms with Crippen molar-refractivity contribution in [2.75, 3.05) is 0 Å². The Bertz CT molecular complexity index is 953. The second kappa shape index (κ2) is 8.53. The van der Waals surface area contributed by atoms with Crippen LogP contribution in [0.15, 0.2) is 78.9 Å². The molecule has 0 saturated heterocycles. The lowest BCUT2D eigenvalue weighted by Gasteiger charge is -2.32. The van der Waals surface area contributed by atoms with Crippen molar-refractivity contribution in [3.8, 4) is 11.5 Å². The Morgan fingerprint density at radius 1 is 0.613 bits per heavy atom. The summed E-state index contributed by atoms with van der Waals surface area (Å²) in [5.41, 5.74) is 0.774. The number of halogens is 6. The maximum absolute atomic E-state index is 12.7. The lowest BCUT2D eigenvalue weighted by molar-refractivity contribution is -0.275. The van der Waals surface area contributed by atoms with Gasteiger partial charge in [0, 0.05) is 5.41 Å². The first-order chi connectivity index (χ1) is 14.4. The number of alkyl halides is 6. The molecule has 0 bridgehead atoms. The summed E-state index contributed by atoms with van der Waals surface area (Å²) in [5, 5.41) is 0. The predicted octanol–water partition coefficient (Wildman–Crippen LogP) is 7.03. The lowest BCUT2D eigenvalue weighted by Crippen LogP contribution is -2.27. The van der Waals surface area contributed by atoms with Gasteiger partial charge < -0.3 is 9.47 Å². The first kappa shape index (κ1) is 22.5. The minimum absolute atomic E-state index is 0.318. The Hall–Kier alpha value is -3.16. The number of hydrogen-bond acceptors (Lipinski definition) is 2. The number of benzene rings is 3. The van der Waals surface area contributed by atoms with E-state index in [-0.39, 0.29) is 0 Å². The molecule has 31 heavy (non-hydrogen) atoms. The van der Waals surface area contributed by atoms with Gasteiger partial charge in [-0.25, -0.2) is 0 Å². The highest BCUT2D eigenvalue weighted by Crippen LogP contribution is 2.39. The fraction of sp³-hybridized carbons (Fsp3) is 0.217. The zero-order valence-corrected chi connectivity index (χ0v) is 16.3. The number of hydrogen-bond donors (Lipinski definition) is 0. The third-order valence-electron chi connectivity index (χ3n) is 4.81. The van der Waals surface area contributed by atoms with E-state index in [0.29, 0.717) is 17.5 Å². The van der Waals surface area contributed by atoms with Crippen molar-refractivity contribution in [3.63, 3.8) is 0 Å². The average molecular weight is 440 g/mol. The van der Waals surface area contributed by atoms with Crippen LogP contribution in [0.3, 0.4) is 0 Å². The zero-order chi connectivity index (χ0) is 22.7. The van der Waals surface area contributed by atoms with E-state index in [1.807, 2.05) is 30.3 Å². The molecular formula is C23H18F6O2. The highest BCUT2D eigenvalue weighted by atomic mass is 19.4. The molecular weight excluding hydrogens is 422 g/mol. The molecule has 2 nitrogen and oxygen atoms in total. The molecule has 0 heterocycles. The first-order valence-electron chi connectivity index (χ1n) is 9.21. The van der Waals surface area contributed by atoms with Crippen LogP contribution in [-0.4, -0.2) is 12.7 Å². The van der Waals surface area contributed by atoms with Gasteiger partial charge in [-0.15, -0.1) is 26.3 Å². The molecule has 0 N–H and O–H groups in total. The first-order valence-corrected chi connectivity index (χ1v) is 9.21. The summed E-state index contributed by atoms with van der Waals surface area (Å²) in [6.07, 6.45) is -9.41. The van der Waals surface area contributed by atoms with Crippen LogP contribution in [0.5, 0.6) is 11.5 Å². The van der Waals surface area contributed by atoms with Crippen molar-refractivity contribution in [3.05, 3.63) is 95.6 Å². The van der Waals surface area contributed by atoms with Gasteiger partial charge in [0.15, 0.2) is 0 Å². The third kappa shape index (κ3) is 6.16. The minimum Gasteiger partial charge on any atom is -0.406 e. The topological polar surface area (TPSA) is 18.5 Å². The van der Waals surface area contributed by atoms with Gasteiger partial charge in [-0.3, -0.25) is 0 Å². The predicted molar refractivity (Wildman–Crippen MR) is 103 cm³/mol. The molecule has 0 atom stereocenters. The summed E-state index contributed by atoms with van der Waals surface area (Å²) in [6, 6.07) is 20.0. The molecule has 3 aromatic carbocycles. The lowest BCUT2D eigenvalue weighted by atomic mass is 9.72. The summed E-state index contributed by atoms with van der Waals surface area (Å²) in [6.45, 7) is 1.75. The summed E-state index contributed by atoms with van der Waals surface area (Å²) in [5.74, 6) is -0.820. The molecule has 0 aliphatic carbocycles. The van der Waals surface area contributed by atoms with Crippen molar-refractivity contribution < 1.29 is 35.8 Å². The molecule has 3 rings (SSSR count). The van der Waals surface area contributed by atoms with Gasteiger partial charge in [0.05, 0.1) is 0 Å². The molecule has 0 radical (unpaired) electrons. The van der Waals surface area contributed by atoms with Crippen LogP contribution in [0.2, 0.25) is 0 Å². The Morgan fingerprint density at radius 2 is 1.06 bits per heavy atom. The van der Waals surface area contributed by atoms with Gasteiger partial charge in [0.25, 0.3) is 0 Å². The van der Waals surface area contributed by atoms with Gasteiger partial charge in [0.1, 0.15) is 11.5 Å². The molecule has 0 aliphatic heterocycles. The van der Waals surface area contributed by atoms with Crippen LogP contribution in [-0.2, 0) is 11.8 Å². The summed E-state index contributed by atoms with van der Waals surface area (Å²) in [7, 11) is 0. The molecule has 0 saturated carbocycles. The van der Waals surface area contributed by atoms with E-state index < -0.39 is 29.6 Å². The molecule has 3 aromatic rings. The van der Waals surface area contributed by atoms with Gasteiger partial charge in [0.2, 0.25) is 0 Å². The molecule has 8 heteroatoms. The number of rotatable bonds is 6. The summed E-state index contributed by atoms with van der Waals surface area (Å²) in [4.78, 5) is 0. The minimum atomic E-state index is -4.87. The van der Waals surface area contributed by atoms with E-state index in [2.05, 4.69) is 9.47 Å². The summed E-state index contributed by atoms with van der Waals surface area (Å²) >= 11 is 0. The van der Waals surface area contributed by atoms with Crippen LogP contribution < -0.4 is 9.47 Å². The smallest absolute Gasteiger partial charge is 0.406 e. The molecule has 164 valence electrons. The van der Waals surface area contributed by atoms with E-state index in [0.717, 1.165) is 5.56 Å². The van der Waals surface area contributed by atoms with Gasteiger partial charge >= 0.3 is 12.7 Å². The van der Waals surface area contributed by atoms with Crippen molar-refractivity contribution in [2.24, 2.45) is 0 Å². The Balaban J connectivity index is 2.09. The second-order valence-electron chi connectivity index (χ2n) is 7.15. The SMILES string of the molecule is CC(Cc1ccccc1)(c1cccc(OC(F)(F)F)c1)c1cccc(OC(F)(F)F)c1. The van der Waals surface area contributed by atoms with Crippen LogP contribution in [0.4, 0.5) is 26.3 Å². The molecule has 0 aromatic heterocycles. The highest BCUT2D eigenvalue weighted by Gasteiger charge is 2.35. The third-order valence-corrected chi connectivity index (χ3v) is 4.81. The Kier molecular flexibility index (Phi) is 6.20. The van der Waals surface area contributed by atoms with E-state index in [4.69, 9.17) is 0 Å². The Morgan fingerprint density at radius 3 is 1.48 bits per heavy atom. The van der Waals surface area contributed by atoms with Gasteiger partial charge in [-0.05, 0) is 47.4 Å². The highest BCUT2D eigenvalue weighted by molar-refractivity contribution is 5.46. The van der Waals surface area contributed by atoms with Gasteiger partial charge in [-0.1, -0.05) is 61.5 Å². The normalized spacial score (nSPS) is 12.5. The quantitative estimate of drug-likeness (QED) is 0.383. The van der Waals surface area contributed by atoms with Crippen LogP contribution in [0.25, 0.3) is 0 Å². The van der Waals surface area contributed by atoms with Crippen LogP contribution in [0.1, 0.15) is 23.6 Å². The van der Waals surface area contributed by atoms with Crippen molar-refractivity contribution >= 4 is 0 Å². The molecule has 0 fully saturated rings. The Labute approximate surface area is 175 Å².